The van der Waals surface area contributed by atoms with Gasteiger partial charge in [0.25, 0.3) is 0 Å². The Hall–Kier alpha value is -2.11. The number of hydrogen-bond donors (Lipinski definition) is 0. The minimum atomic E-state index is -0.219. The van der Waals surface area contributed by atoms with E-state index in [0.717, 1.165) is 32.2 Å². The quantitative estimate of drug-likeness (QED) is 0.584. The number of carbonyl (C=O) groups is 2. The number of ether oxygens (including phenoxy) is 1. The molecular weight excluding hydrogens is 308 g/mol. The molecule has 1 saturated heterocycles. The van der Waals surface area contributed by atoms with Gasteiger partial charge in [0.1, 0.15) is 0 Å². The predicted molar refractivity (Wildman–Crippen MR) is 88.3 cm³/mol. The summed E-state index contributed by atoms with van der Waals surface area (Å²) in [4.78, 5) is 37.7. The summed E-state index contributed by atoms with van der Waals surface area (Å²) in [7, 11) is 0. The highest BCUT2D eigenvalue weighted by Gasteiger charge is 2.37. The minimum Gasteiger partial charge on any atom is -0.465 e. The number of amides is 1. The first-order chi connectivity index (χ1) is 11.6. The fourth-order valence-electron chi connectivity index (χ4n) is 3.13. The van der Waals surface area contributed by atoms with Crippen molar-refractivity contribution in [1.82, 2.24) is 9.47 Å². The molecule has 1 aromatic heterocycles. The van der Waals surface area contributed by atoms with E-state index in [4.69, 9.17) is 4.74 Å². The first kappa shape index (κ1) is 16.7. The first-order valence-electron chi connectivity index (χ1n) is 8.76. The van der Waals surface area contributed by atoms with Gasteiger partial charge in [-0.1, -0.05) is 6.07 Å². The normalized spacial score (nSPS) is 20.7. The lowest BCUT2D eigenvalue weighted by atomic mass is 9.98. The van der Waals surface area contributed by atoms with E-state index < -0.39 is 0 Å². The van der Waals surface area contributed by atoms with Gasteiger partial charge in [0, 0.05) is 37.8 Å². The van der Waals surface area contributed by atoms with Crippen LogP contribution in [0.3, 0.4) is 0 Å². The Balaban J connectivity index is 1.40. The lowest BCUT2D eigenvalue weighted by Gasteiger charge is -2.31. The monoisotopic (exact) mass is 332 g/mol. The molecule has 1 unspecified atom stereocenters. The van der Waals surface area contributed by atoms with E-state index in [-0.39, 0.29) is 29.3 Å². The molecule has 24 heavy (non-hydrogen) atoms. The number of esters is 1. The van der Waals surface area contributed by atoms with Gasteiger partial charge in [-0.3, -0.25) is 14.4 Å². The molecule has 1 aliphatic heterocycles. The minimum absolute atomic E-state index is 0.0506. The highest BCUT2D eigenvalue weighted by Crippen LogP contribution is 2.32. The molecule has 130 valence electrons. The summed E-state index contributed by atoms with van der Waals surface area (Å²) < 4.78 is 6.96. The number of rotatable bonds is 6. The van der Waals surface area contributed by atoms with Crippen LogP contribution in [0.1, 0.15) is 32.1 Å². The summed E-state index contributed by atoms with van der Waals surface area (Å²) in [6, 6.07) is 5.02. The Labute approximate surface area is 141 Å². The predicted octanol–water partition coefficient (Wildman–Crippen LogP) is 1.43. The third kappa shape index (κ3) is 4.24. The van der Waals surface area contributed by atoms with Gasteiger partial charge in [-0.15, -0.1) is 0 Å². The van der Waals surface area contributed by atoms with E-state index in [1.54, 1.807) is 22.9 Å². The summed E-state index contributed by atoms with van der Waals surface area (Å²) >= 11 is 0. The zero-order valence-corrected chi connectivity index (χ0v) is 13.9. The van der Waals surface area contributed by atoms with Gasteiger partial charge < -0.3 is 14.2 Å². The zero-order valence-electron chi connectivity index (χ0n) is 13.9. The van der Waals surface area contributed by atoms with Crippen molar-refractivity contribution in [1.29, 1.82) is 0 Å². The smallest absolute Gasteiger partial charge is 0.310 e. The number of pyridine rings is 1. The molecule has 1 amide bonds. The van der Waals surface area contributed by atoms with Crippen molar-refractivity contribution in [2.45, 2.75) is 38.6 Å². The highest BCUT2D eigenvalue weighted by atomic mass is 16.5. The van der Waals surface area contributed by atoms with Crippen molar-refractivity contribution < 1.29 is 14.3 Å². The van der Waals surface area contributed by atoms with Gasteiger partial charge >= 0.3 is 5.97 Å². The summed E-state index contributed by atoms with van der Waals surface area (Å²) in [5, 5.41) is 0. The van der Waals surface area contributed by atoms with E-state index in [2.05, 4.69) is 0 Å². The summed E-state index contributed by atoms with van der Waals surface area (Å²) in [5.74, 6) is -0.0236. The van der Waals surface area contributed by atoms with Gasteiger partial charge in [-0.2, -0.15) is 0 Å². The van der Waals surface area contributed by atoms with E-state index >= 15 is 0 Å². The molecule has 0 aromatic carbocycles. The molecule has 1 aliphatic carbocycles. The van der Waals surface area contributed by atoms with E-state index in [1.165, 1.54) is 6.07 Å². The fourth-order valence-corrected chi connectivity index (χ4v) is 3.13. The second kappa shape index (κ2) is 7.64. The van der Waals surface area contributed by atoms with Crippen LogP contribution in [0, 0.1) is 11.8 Å². The highest BCUT2D eigenvalue weighted by molar-refractivity contribution is 5.82. The molecule has 0 N–H and O–H groups in total. The Bertz CT molecular complexity index is 650. The maximum Gasteiger partial charge on any atom is 0.310 e. The molecule has 1 saturated carbocycles. The van der Waals surface area contributed by atoms with Crippen LogP contribution in [0.2, 0.25) is 0 Å². The van der Waals surface area contributed by atoms with Crippen LogP contribution in [0.4, 0.5) is 0 Å². The topological polar surface area (TPSA) is 68.6 Å². The van der Waals surface area contributed by atoms with Crippen LogP contribution < -0.4 is 5.56 Å². The van der Waals surface area contributed by atoms with E-state index in [0.29, 0.717) is 26.1 Å². The van der Waals surface area contributed by atoms with Gasteiger partial charge in [0.15, 0.2) is 0 Å². The van der Waals surface area contributed by atoms with Crippen LogP contribution in [0.5, 0.6) is 0 Å². The Morgan fingerprint density at radius 1 is 1.17 bits per heavy atom. The first-order valence-corrected chi connectivity index (χ1v) is 8.76. The van der Waals surface area contributed by atoms with Crippen molar-refractivity contribution in [3.8, 4) is 0 Å². The Morgan fingerprint density at radius 3 is 2.75 bits per heavy atom. The largest absolute Gasteiger partial charge is 0.465 e. The van der Waals surface area contributed by atoms with Gasteiger partial charge in [0.05, 0.1) is 12.5 Å². The number of aromatic nitrogens is 1. The average Bonchev–Trinajstić information content (AvgIpc) is 3.44. The molecule has 3 rings (SSSR count). The zero-order chi connectivity index (χ0) is 16.9. The molecule has 6 nitrogen and oxygen atoms in total. The van der Waals surface area contributed by atoms with E-state index in [1.807, 2.05) is 4.90 Å². The van der Waals surface area contributed by atoms with Crippen LogP contribution in [-0.4, -0.2) is 41.0 Å². The van der Waals surface area contributed by atoms with Crippen LogP contribution in [-0.2, 0) is 20.9 Å². The van der Waals surface area contributed by atoms with Crippen LogP contribution in [0.25, 0.3) is 0 Å². The molecule has 1 aromatic rings. The maximum atomic E-state index is 12.2. The number of carbonyl (C=O) groups excluding carboxylic acids is 2. The van der Waals surface area contributed by atoms with Gasteiger partial charge in [0.2, 0.25) is 11.5 Å². The molecule has 2 fully saturated rings. The number of piperidine rings is 1. The van der Waals surface area contributed by atoms with Crippen LogP contribution >= 0.6 is 0 Å². The average molecular weight is 332 g/mol. The number of hydrogen-bond acceptors (Lipinski definition) is 4. The van der Waals surface area contributed by atoms with Crippen LogP contribution in [0.15, 0.2) is 29.2 Å². The molecule has 2 heterocycles. The fraction of sp³-hybridized carbons (Fsp3) is 0.611. The lowest BCUT2D eigenvalue weighted by Crippen LogP contribution is -2.43. The summed E-state index contributed by atoms with van der Waals surface area (Å²) in [6.07, 6.45) is 5.95. The Kier molecular flexibility index (Phi) is 5.33. The Morgan fingerprint density at radius 2 is 2.00 bits per heavy atom. The third-order valence-corrected chi connectivity index (χ3v) is 4.68. The van der Waals surface area contributed by atoms with Crippen molar-refractivity contribution in [3.63, 3.8) is 0 Å². The van der Waals surface area contributed by atoms with Crippen molar-refractivity contribution >= 4 is 11.9 Å². The second-order valence-electron chi connectivity index (χ2n) is 6.65. The number of aryl methyl sites for hydroxylation is 1. The molecule has 6 heteroatoms. The summed E-state index contributed by atoms with van der Waals surface area (Å²) in [6.45, 7) is 2.08. The number of nitrogens with zero attached hydrogens (tertiary/aromatic N) is 2. The third-order valence-electron chi connectivity index (χ3n) is 4.68. The number of likely N-dealkylation sites (tertiary alicyclic amines) is 1. The lowest BCUT2D eigenvalue weighted by molar-refractivity contribution is -0.152. The molecule has 0 bridgehead atoms. The second-order valence-corrected chi connectivity index (χ2v) is 6.65. The standard InChI is InChI=1S/C18H24N2O4/c21-16-6-1-2-9-19(16)11-4-12-24-18(23)15-5-3-10-20(13-15)17(22)14-7-8-14/h1-2,6,9,14-15H,3-5,7-8,10-13H2. The van der Waals surface area contributed by atoms with Gasteiger partial charge in [-0.05, 0) is 38.2 Å². The van der Waals surface area contributed by atoms with Crippen molar-refractivity contribution in [2.24, 2.45) is 11.8 Å². The SMILES string of the molecule is O=C(OCCCn1ccccc1=O)C1CCCN(C(=O)C2CC2)C1. The van der Waals surface area contributed by atoms with Crippen molar-refractivity contribution in [3.05, 3.63) is 34.7 Å². The molecule has 2 aliphatic rings. The van der Waals surface area contributed by atoms with Crippen molar-refractivity contribution in [2.75, 3.05) is 19.7 Å². The summed E-state index contributed by atoms with van der Waals surface area (Å²) in [5.41, 5.74) is -0.0506. The molecule has 0 spiro atoms. The maximum absolute atomic E-state index is 12.2. The molecule has 0 radical (unpaired) electrons. The molecule has 1 atom stereocenters. The van der Waals surface area contributed by atoms with E-state index in [9.17, 15) is 14.4 Å². The van der Waals surface area contributed by atoms with Gasteiger partial charge in [-0.25, -0.2) is 0 Å². The molecular formula is C18H24N2O4.